The average Bonchev–Trinajstić information content (AvgIpc) is 2.95. The van der Waals surface area contributed by atoms with Gasteiger partial charge in [0.15, 0.2) is 0 Å². The molecule has 6 heteroatoms. The molecule has 2 aromatic carbocycles. The van der Waals surface area contributed by atoms with Crippen LogP contribution in [-0.2, 0) is 13.6 Å². The highest BCUT2D eigenvalue weighted by Crippen LogP contribution is 2.47. The lowest BCUT2D eigenvalue weighted by Gasteiger charge is -2.24. The Kier molecular flexibility index (Phi) is 5.95. The summed E-state index contributed by atoms with van der Waals surface area (Å²) in [4.78, 5) is 3.73. The molecular weight excluding hydrogens is 394 g/mol. The maximum absolute atomic E-state index is 5.53. The number of methoxy groups -OCH3 is 2. The summed E-state index contributed by atoms with van der Waals surface area (Å²) < 4.78 is 12.9. The first kappa shape index (κ1) is 20.7. The monoisotopic (exact) mass is 423 g/mol. The van der Waals surface area contributed by atoms with E-state index in [0.717, 1.165) is 36.7 Å². The quantitative estimate of drug-likeness (QED) is 0.557. The van der Waals surface area contributed by atoms with Gasteiger partial charge in [0.1, 0.15) is 11.5 Å². The van der Waals surface area contributed by atoms with Gasteiger partial charge >= 0.3 is 0 Å². The second-order valence-electron chi connectivity index (χ2n) is 7.79. The fourth-order valence-corrected chi connectivity index (χ4v) is 5.41. The molecule has 4 rings (SSSR count). The highest BCUT2D eigenvalue weighted by Gasteiger charge is 2.25. The Hall–Kier alpha value is -2.60. The molecule has 0 saturated carbocycles. The minimum Gasteiger partial charge on any atom is -0.497 e. The molecule has 1 aliphatic heterocycles. The van der Waals surface area contributed by atoms with E-state index in [9.17, 15) is 0 Å². The molecule has 0 aliphatic carbocycles. The van der Waals surface area contributed by atoms with E-state index in [1.54, 1.807) is 14.2 Å². The summed E-state index contributed by atoms with van der Waals surface area (Å²) >= 11 is 1.92. The molecule has 0 fully saturated rings. The van der Waals surface area contributed by atoms with Crippen LogP contribution in [-0.4, -0.2) is 30.5 Å². The molecule has 5 nitrogen and oxygen atoms in total. The van der Waals surface area contributed by atoms with Gasteiger partial charge in [-0.1, -0.05) is 12.1 Å². The minimum absolute atomic E-state index is 0.375. The first-order chi connectivity index (χ1) is 14.5. The average molecular weight is 424 g/mol. The predicted molar refractivity (Wildman–Crippen MR) is 123 cm³/mol. The summed E-state index contributed by atoms with van der Waals surface area (Å²) in [6.07, 6.45) is 3.19. The summed E-state index contributed by atoms with van der Waals surface area (Å²) in [7, 11) is 5.43. The smallest absolute Gasteiger partial charge is 0.121 e. The number of ether oxygens (including phenoxy) is 2. The lowest BCUT2D eigenvalue weighted by molar-refractivity contribution is 0.411. The van der Waals surface area contributed by atoms with Gasteiger partial charge in [-0.2, -0.15) is 5.10 Å². The van der Waals surface area contributed by atoms with E-state index in [2.05, 4.69) is 66.4 Å². The molecule has 1 atom stereocenters. The van der Waals surface area contributed by atoms with Gasteiger partial charge in [-0.3, -0.25) is 4.68 Å². The Morgan fingerprint density at radius 2 is 1.93 bits per heavy atom. The van der Waals surface area contributed by atoms with E-state index in [1.807, 2.05) is 23.5 Å². The van der Waals surface area contributed by atoms with Crippen molar-refractivity contribution < 1.29 is 9.47 Å². The number of anilines is 1. The standard InChI is InChI=1S/C24H29N3O2S/c1-16-12-18(6-9-22(16)29-5)23-10-11-27(15-19-14-26(3)25-17(19)2)21-8-7-20(28-4)13-24(21)30-23/h6-9,12-14,23H,10-11,15H2,1-5H3. The largest absolute Gasteiger partial charge is 0.497 e. The number of benzene rings is 2. The topological polar surface area (TPSA) is 39.5 Å². The molecule has 3 aromatic rings. The Bertz CT molecular complexity index is 1050. The zero-order valence-electron chi connectivity index (χ0n) is 18.3. The van der Waals surface area contributed by atoms with Crippen LogP contribution in [0.5, 0.6) is 11.5 Å². The molecule has 0 spiro atoms. The third-order valence-electron chi connectivity index (χ3n) is 5.71. The SMILES string of the molecule is COc1ccc2c(c1)SC(c1ccc(OC)c(C)c1)CCN2Cc1cn(C)nc1C. The van der Waals surface area contributed by atoms with E-state index in [0.29, 0.717) is 5.25 Å². The van der Waals surface area contributed by atoms with Crippen LogP contribution >= 0.6 is 11.8 Å². The zero-order chi connectivity index (χ0) is 21.3. The lowest BCUT2D eigenvalue weighted by Crippen LogP contribution is -2.24. The van der Waals surface area contributed by atoms with E-state index >= 15 is 0 Å². The van der Waals surface area contributed by atoms with Crippen molar-refractivity contribution >= 4 is 17.4 Å². The van der Waals surface area contributed by atoms with Gasteiger partial charge in [0.2, 0.25) is 0 Å². The lowest BCUT2D eigenvalue weighted by atomic mass is 10.1. The Morgan fingerprint density at radius 3 is 2.60 bits per heavy atom. The van der Waals surface area contributed by atoms with E-state index in [1.165, 1.54) is 27.3 Å². The Labute approximate surface area is 183 Å². The number of aromatic nitrogens is 2. The molecule has 0 radical (unpaired) electrons. The number of thioether (sulfide) groups is 1. The van der Waals surface area contributed by atoms with E-state index < -0.39 is 0 Å². The summed E-state index contributed by atoms with van der Waals surface area (Å²) in [6, 6.07) is 13.0. The van der Waals surface area contributed by atoms with Crippen molar-refractivity contribution in [2.24, 2.45) is 7.05 Å². The number of fused-ring (bicyclic) bond motifs is 1. The molecule has 0 saturated heterocycles. The van der Waals surface area contributed by atoms with Crippen LogP contribution in [0, 0.1) is 13.8 Å². The summed E-state index contributed by atoms with van der Waals surface area (Å²) in [6.45, 7) is 6.03. The van der Waals surface area contributed by atoms with Crippen LogP contribution in [0.2, 0.25) is 0 Å². The van der Waals surface area contributed by atoms with Crippen molar-refractivity contribution in [3.63, 3.8) is 0 Å². The van der Waals surface area contributed by atoms with Crippen LogP contribution in [0.1, 0.15) is 34.1 Å². The van der Waals surface area contributed by atoms with E-state index in [-0.39, 0.29) is 0 Å². The van der Waals surface area contributed by atoms with Crippen molar-refractivity contribution in [1.82, 2.24) is 9.78 Å². The summed E-state index contributed by atoms with van der Waals surface area (Å²) in [5, 5.41) is 4.90. The zero-order valence-corrected chi connectivity index (χ0v) is 19.1. The molecule has 0 bridgehead atoms. The van der Waals surface area contributed by atoms with Crippen LogP contribution in [0.25, 0.3) is 0 Å². The van der Waals surface area contributed by atoms with Gasteiger partial charge in [-0.15, -0.1) is 11.8 Å². The van der Waals surface area contributed by atoms with Gasteiger partial charge < -0.3 is 14.4 Å². The molecule has 0 N–H and O–H groups in total. The number of nitrogens with zero attached hydrogens (tertiary/aromatic N) is 3. The molecule has 30 heavy (non-hydrogen) atoms. The summed E-state index contributed by atoms with van der Waals surface area (Å²) in [5.74, 6) is 1.83. The highest BCUT2D eigenvalue weighted by atomic mass is 32.2. The number of aryl methyl sites for hydroxylation is 3. The number of rotatable bonds is 5. The maximum Gasteiger partial charge on any atom is 0.121 e. The number of hydrogen-bond donors (Lipinski definition) is 0. The Morgan fingerprint density at radius 1 is 1.10 bits per heavy atom. The van der Waals surface area contributed by atoms with Crippen molar-refractivity contribution in [3.05, 3.63) is 65.0 Å². The molecule has 0 amide bonds. The fourth-order valence-electron chi connectivity index (χ4n) is 4.09. The first-order valence-electron chi connectivity index (χ1n) is 10.2. The molecule has 1 aliphatic rings. The van der Waals surface area contributed by atoms with Crippen molar-refractivity contribution in [1.29, 1.82) is 0 Å². The second-order valence-corrected chi connectivity index (χ2v) is 9.04. The van der Waals surface area contributed by atoms with Crippen molar-refractivity contribution in [2.75, 3.05) is 25.7 Å². The predicted octanol–water partition coefficient (Wildman–Crippen LogP) is 5.30. The van der Waals surface area contributed by atoms with Crippen molar-refractivity contribution in [3.8, 4) is 11.5 Å². The third kappa shape index (κ3) is 4.15. The van der Waals surface area contributed by atoms with Gasteiger partial charge in [0, 0.05) is 42.0 Å². The summed E-state index contributed by atoms with van der Waals surface area (Å²) in [5.41, 5.74) is 6.13. The molecule has 1 aromatic heterocycles. The third-order valence-corrected chi connectivity index (χ3v) is 7.08. The molecule has 2 heterocycles. The maximum atomic E-state index is 5.53. The van der Waals surface area contributed by atoms with Crippen LogP contribution < -0.4 is 14.4 Å². The van der Waals surface area contributed by atoms with Gasteiger partial charge in [0.25, 0.3) is 0 Å². The van der Waals surface area contributed by atoms with Crippen molar-refractivity contribution in [2.45, 2.75) is 37.0 Å². The minimum atomic E-state index is 0.375. The fraction of sp³-hybridized carbons (Fsp3) is 0.375. The van der Waals surface area contributed by atoms with Crippen LogP contribution in [0.3, 0.4) is 0 Å². The van der Waals surface area contributed by atoms with E-state index in [4.69, 9.17) is 9.47 Å². The van der Waals surface area contributed by atoms with Gasteiger partial charge in [0.05, 0.1) is 25.6 Å². The molecular formula is C24H29N3O2S. The van der Waals surface area contributed by atoms with Crippen LogP contribution in [0.4, 0.5) is 5.69 Å². The highest BCUT2D eigenvalue weighted by molar-refractivity contribution is 7.99. The second kappa shape index (κ2) is 8.64. The molecule has 1 unspecified atom stereocenters. The van der Waals surface area contributed by atoms with Crippen LogP contribution in [0.15, 0.2) is 47.5 Å². The first-order valence-corrected chi connectivity index (χ1v) is 11.1. The Balaban J connectivity index is 1.68. The molecule has 158 valence electrons. The number of hydrogen-bond acceptors (Lipinski definition) is 5. The van der Waals surface area contributed by atoms with Gasteiger partial charge in [-0.05, 0) is 55.7 Å². The van der Waals surface area contributed by atoms with Gasteiger partial charge in [-0.25, -0.2) is 0 Å². The normalized spacial score (nSPS) is 16.2.